The Morgan fingerprint density at radius 3 is 2.26 bits per heavy atom. The fourth-order valence-corrected chi connectivity index (χ4v) is 2.63. The second-order valence-corrected chi connectivity index (χ2v) is 6.40. The van der Waals surface area contributed by atoms with Crippen LogP contribution in [0.1, 0.15) is 11.1 Å². The van der Waals surface area contributed by atoms with E-state index in [4.69, 9.17) is 14.4 Å². The van der Waals surface area contributed by atoms with Crippen LogP contribution >= 0.6 is 8.25 Å². The summed E-state index contributed by atoms with van der Waals surface area (Å²) in [5.41, 5.74) is 0.973. The van der Waals surface area contributed by atoms with E-state index in [0.717, 1.165) is 5.56 Å². The SMILES string of the molecule is CN(Cc1ccccc1)Cc1cc(F)cc2[nH]c(=O)c(=O)[nH]c12.O=[PH](O)O. The lowest BCUT2D eigenvalue weighted by molar-refractivity contribution is 0.319. The van der Waals surface area contributed by atoms with Crippen molar-refractivity contribution in [1.29, 1.82) is 0 Å². The Balaban J connectivity index is 0.000000596. The normalized spacial score (nSPS) is 10.9. The molecule has 0 radical (unpaired) electrons. The first-order valence-electron chi connectivity index (χ1n) is 7.85. The molecule has 2 aromatic carbocycles. The van der Waals surface area contributed by atoms with Gasteiger partial charge in [0, 0.05) is 13.1 Å². The smallest absolute Gasteiger partial charge is 0.314 e. The highest BCUT2D eigenvalue weighted by molar-refractivity contribution is 7.30. The third-order valence-electron chi connectivity index (χ3n) is 3.61. The molecule has 4 N–H and O–H groups in total. The van der Waals surface area contributed by atoms with Gasteiger partial charge in [-0.3, -0.25) is 19.1 Å². The molecular formula is C17H19FN3O5P. The number of aromatic amines is 2. The molecule has 0 saturated heterocycles. The molecule has 0 aliphatic carbocycles. The molecule has 144 valence electrons. The molecular weight excluding hydrogens is 376 g/mol. The average molecular weight is 395 g/mol. The lowest BCUT2D eigenvalue weighted by Gasteiger charge is -2.18. The van der Waals surface area contributed by atoms with Crippen LogP contribution in [0.3, 0.4) is 0 Å². The summed E-state index contributed by atoms with van der Waals surface area (Å²) in [6.45, 7) is 1.12. The van der Waals surface area contributed by atoms with E-state index in [1.165, 1.54) is 12.1 Å². The van der Waals surface area contributed by atoms with Crippen LogP contribution in [0.2, 0.25) is 0 Å². The summed E-state index contributed by atoms with van der Waals surface area (Å²) in [5.74, 6) is -0.455. The van der Waals surface area contributed by atoms with Gasteiger partial charge in [0.15, 0.2) is 0 Å². The summed E-state index contributed by atoms with van der Waals surface area (Å²) in [7, 11) is -1.22. The number of hydrogen-bond acceptors (Lipinski definition) is 4. The van der Waals surface area contributed by atoms with Crippen molar-refractivity contribution in [3.63, 3.8) is 0 Å². The minimum Gasteiger partial charge on any atom is -0.326 e. The van der Waals surface area contributed by atoms with Crippen molar-refractivity contribution in [2.24, 2.45) is 0 Å². The summed E-state index contributed by atoms with van der Waals surface area (Å²) >= 11 is 0. The maximum absolute atomic E-state index is 13.8. The molecule has 3 rings (SSSR count). The van der Waals surface area contributed by atoms with E-state index in [9.17, 15) is 14.0 Å². The van der Waals surface area contributed by atoms with Gasteiger partial charge in [0.25, 0.3) is 0 Å². The van der Waals surface area contributed by atoms with Gasteiger partial charge in [0.1, 0.15) is 5.82 Å². The monoisotopic (exact) mass is 395 g/mol. The van der Waals surface area contributed by atoms with Crippen LogP contribution in [0.4, 0.5) is 4.39 Å². The zero-order chi connectivity index (χ0) is 20.0. The third-order valence-corrected chi connectivity index (χ3v) is 3.61. The molecule has 0 unspecified atom stereocenters. The quantitative estimate of drug-likeness (QED) is 0.390. The number of nitrogens with one attached hydrogen (secondary N) is 2. The number of aromatic nitrogens is 2. The fraction of sp³-hybridized carbons (Fsp3) is 0.176. The van der Waals surface area contributed by atoms with Crippen LogP contribution in [-0.2, 0) is 17.7 Å². The molecule has 0 bridgehead atoms. The van der Waals surface area contributed by atoms with Gasteiger partial charge in [-0.2, -0.15) is 0 Å². The Hall–Kier alpha value is -2.58. The summed E-state index contributed by atoms with van der Waals surface area (Å²) in [6, 6.07) is 12.5. The zero-order valence-electron chi connectivity index (χ0n) is 14.4. The Morgan fingerprint density at radius 1 is 1.04 bits per heavy atom. The highest BCUT2D eigenvalue weighted by Gasteiger charge is 2.10. The topological polar surface area (TPSA) is 126 Å². The first kappa shape index (κ1) is 20.7. The first-order chi connectivity index (χ1) is 12.8. The number of H-pyrrole nitrogens is 2. The molecule has 0 amide bonds. The van der Waals surface area contributed by atoms with Crippen LogP contribution in [0.5, 0.6) is 0 Å². The predicted molar refractivity (Wildman–Crippen MR) is 100 cm³/mol. The van der Waals surface area contributed by atoms with E-state index >= 15 is 0 Å². The van der Waals surface area contributed by atoms with Gasteiger partial charge >= 0.3 is 19.4 Å². The van der Waals surface area contributed by atoms with E-state index in [0.29, 0.717) is 24.2 Å². The van der Waals surface area contributed by atoms with Crippen molar-refractivity contribution in [2.75, 3.05) is 7.05 Å². The van der Waals surface area contributed by atoms with E-state index < -0.39 is 25.2 Å². The van der Waals surface area contributed by atoms with Crippen molar-refractivity contribution >= 4 is 19.3 Å². The van der Waals surface area contributed by atoms with Crippen LogP contribution in [-0.4, -0.2) is 31.7 Å². The highest BCUT2D eigenvalue weighted by Crippen LogP contribution is 2.17. The molecule has 0 saturated carbocycles. The van der Waals surface area contributed by atoms with Gasteiger partial charge in [-0.1, -0.05) is 30.3 Å². The van der Waals surface area contributed by atoms with E-state index in [1.807, 2.05) is 42.3 Å². The molecule has 8 nitrogen and oxygen atoms in total. The van der Waals surface area contributed by atoms with Crippen molar-refractivity contribution < 1.29 is 18.7 Å². The minimum absolute atomic E-state index is 0.290. The van der Waals surface area contributed by atoms with Gasteiger partial charge < -0.3 is 19.8 Å². The molecule has 27 heavy (non-hydrogen) atoms. The Bertz CT molecular complexity index is 1050. The molecule has 0 spiro atoms. The Labute approximate surface area is 153 Å². The molecule has 3 aromatic rings. The van der Waals surface area contributed by atoms with E-state index in [-0.39, 0.29) is 5.52 Å². The number of hydrogen-bond donors (Lipinski definition) is 4. The average Bonchev–Trinajstić information content (AvgIpc) is 2.57. The number of halogens is 1. The van der Waals surface area contributed by atoms with Crippen LogP contribution < -0.4 is 11.1 Å². The maximum atomic E-state index is 13.8. The standard InChI is InChI=1S/C17H16FN3O2.H3O3P/c1-21(9-11-5-3-2-4-6-11)10-12-7-13(18)8-14-15(12)20-17(23)16(22)19-14;1-4(2)3/h2-8H,9-10H2,1H3,(H,19,22)(H,20,23);4H,(H2,1,2,3). The van der Waals surface area contributed by atoms with Crippen LogP contribution in [0, 0.1) is 5.82 Å². The van der Waals surface area contributed by atoms with Crippen molar-refractivity contribution in [2.45, 2.75) is 13.1 Å². The summed E-state index contributed by atoms with van der Waals surface area (Å²) in [5, 5.41) is 0. The third kappa shape index (κ3) is 6.26. The van der Waals surface area contributed by atoms with Crippen molar-refractivity contribution in [3.05, 3.63) is 80.1 Å². The molecule has 0 aliphatic heterocycles. The van der Waals surface area contributed by atoms with E-state index in [1.54, 1.807) is 0 Å². The second kappa shape index (κ2) is 9.38. The van der Waals surface area contributed by atoms with Crippen LogP contribution in [0.25, 0.3) is 11.0 Å². The summed E-state index contributed by atoms with van der Waals surface area (Å²) in [4.78, 5) is 44.2. The maximum Gasteiger partial charge on any atom is 0.314 e. The van der Waals surface area contributed by atoms with Crippen LogP contribution in [0.15, 0.2) is 52.1 Å². The lowest BCUT2D eigenvalue weighted by Crippen LogP contribution is -2.29. The Morgan fingerprint density at radius 2 is 1.63 bits per heavy atom. The number of rotatable bonds is 4. The van der Waals surface area contributed by atoms with Gasteiger partial charge in [-0.25, -0.2) is 4.39 Å². The minimum atomic E-state index is -3.13. The predicted octanol–water partition coefficient (Wildman–Crippen LogP) is 1.35. The molecule has 0 fully saturated rings. The largest absolute Gasteiger partial charge is 0.326 e. The Kier molecular flexibility index (Phi) is 7.20. The van der Waals surface area contributed by atoms with Crippen molar-refractivity contribution in [1.82, 2.24) is 14.9 Å². The fourth-order valence-electron chi connectivity index (χ4n) is 2.63. The molecule has 0 atom stereocenters. The van der Waals surface area contributed by atoms with Gasteiger partial charge in [0.2, 0.25) is 0 Å². The lowest BCUT2D eigenvalue weighted by atomic mass is 10.1. The molecule has 1 aromatic heterocycles. The number of fused-ring (bicyclic) bond motifs is 1. The summed E-state index contributed by atoms with van der Waals surface area (Å²) in [6.07, 6.45) is 0. The zero-order valence-corrected chi connectivity index (χ0v) is 15.4. The number of nitrogens with zero attached hydrogens (tertiary/aromatic N) is 1. The second-order valence-electron chi connectivity index (χ2n) is 5.84. The van der Waals surface area contributed by atoms with Gasteiger partial charge in [0.05, 0.1) is 11.0 Å². The van der Waals surface area contributed by atoms with Gasteiger partial charge in [-0.05, 0) is 30.3 Å². The first-order valence-corrected chi connectivity index (χ1v) is 9.15. The summed E-state index contributed by atoms with van der Waals surface area (Å²) < 4.78 is 22.5. The number of benzene rings is 2. The molecule has 0 aliphatic rings. The van der Waals surface area contributed by atoms with Crippen molar-refractivity contribution in [3.8, 4) is 0 Å². The molecule has 10 heteroatoms. The molecule has 1 heterocycles. The highest BCUT2D eigenvalue weighted by atomic mass is 31.1. The van der Waals surface area contributed by atoms with Gasteiger partial charge in [-0.15, -0.1) is 0 Å². The van der Waals surface area contributed by atoms with E-state index in [2.05, 4.69) is 9.97 Å².